The summed E-state index contributed by atoms with van der Waals surface area (Å²) in [4.78, 5) is 0. The minimum Gasteiger partial charge on any atom is -0.493 e. The van der Waals surface area contributed by atoms with E-state index in [1.54, 1.807) is 0 Å². The Morgan fingerprint density at radius 1 is 1.28 bits per heavy atom. The van der Waals surface area contributed by atoms with Crippen LogP contribution >= 0.6 is 11.6 Å². The second-order valence-corrected chi connectivity index (χ2v) is 6.20. The molecule has 0 unspecified atom stereocenters. The van der Waals surface area contributed by atoms with Crippen molar-refractivity contribution in [2.75, 3.05) is 13.2 Å². The van der Waals surface area contributed by atoms with Crippen LogP contribution in [0.4, 0.5) is 0 Å². The average Bonchev–Trinajstić information content (AvgIpc) is 3.09. The maximum atomic E-state index is 6.20. The summed E-state index contributed by atoms with van der Waals surface area (Å²) in [5, 5.41) is 0.762. The molecule has 3 rings (SSSR count). The molecule has 3 heteroatoms. The molecule has 2 aliphatic rings. The number of benzene rings is 1. The van der Waals surface area contributed by atoms with Crippen LogP contribution in [0.15, 0.2) is 18.2 Å². The topological polar surface area (TPSA) is 35.2 Å². The Balaban J connectivity index is 1.80. The second kappa shape index (κ2) is 4.75. The van der Waals surface area contributed by atoms with Gasteiger partial charge < -0.3 is 10.5 Å². The Morgan fingerprint density at radius 3 is 2.61 bits per heavy atom. The maximum absolute atomic E-state index is 6.20. The quantitative estimate of drug-likeness (QED) is 0.884. The van der Waals surface area contributed by atoms with Gasteiger partial charge in [-0.3, -0.25) is 0 Å². The first kappa shape index (κ1) is 12.3. The van der Waals surface area contributed by atoms with Crippen LogP contribution in [0, 0.1) is 5.92 Å². The molecule has 1 aromatic rings. The lowest BCUT2D eigenvalue weighted by atomic mass is 9.64. The molecule has 0 bridgehead atoms. The zero-order valence-corrected chi connectivity index (χ0v) is 11.4. The Bertz CT molecular complexity index is 433. The van der Waals surface area contributed by atoms with Crippen LogP contribution in [-0.2, 0) is 5.41 Å². The highest BCUT2D eigenvalue weighted by atomic mass is 35.5. The minimum atomic E-state index is 0.155. The normalized spacial score (nSPS) is 21.4. The molecule has 0 atom stereocenters. The highest BCUT2D eigenvalue weighted by molar-refractivity contribution is 6.30. The van der Waals surface area contributed by atoms with E-state index in [9.17, 15) is 0 Å². The molecule has 1 aromatic carbocycles. The van der Waals surface area contributed by atoms with Gasteiger partial charge in [-0.25, -0.2) is 0 Å². The zero-order valence-electron chi connectivity index (χ0n) is 10.6. The first-order valence-electron chi connectivity index (χ1n) is 6.86. The second-order valence-electron chi connectivity index (χ2n) is 5.77. The highest BCUT2D eigenvalue weighted by Gasteiger charge is 2.37. The molecule has 0 saturated heterocycles. The predicted molar refractivity (Wildman–Crippen MR) is 74.3 cm³/mol. The summed E-state index contributed by atoms with van der Waals surface area (Å²) in [6, 6.07) is 6.11. The number of hydrogen-bond donors (Lipinski definition) is 1. The molecule has 0 radical (unpaired) electrons. The van der Waals surface area contributed by atoms with Gasteiger partial charge in [0.2, 0.25) is 0 Å². The number of nitrogens with two attached hydrogens (primary N) is 1. The highest BCUT2D eigenvalue weighted by Crippen LogP contribution is 2.44. The van der Waals surface area contributed by atoms with Gasteiger partial charge in [-0.2, -0.15) is 0 Å². The maximum Gasteiger partial charge on any atom is 0.121 e. The molecule has 2 nitrogen and oxygen atoms in total. The standard InChI is InChI=1S/C15H20ClNO/c16-13-6-12(15(10-17)4-1-5-15)7-14(8-13)18-9-11-2-3-11/h6-8,11H,1-5,9-10,17H2. The van der Waals surface area contributed by atoms with Crippen LogP contribution in [0.1, 0.15) is 37.7 Å². The molecule has 0 amide bonds. The Hall–Kier alpha value is -0.730. The van der Waals surface area contributed by atoms with Gasteiger partial charge in [-0.1, -0.05) is 18.0 Å². The lowest BCUT2D eigenvalue weighted by Gasteiger charge is -2.41. The fourth-order valence-corrected chi connectivity index (χ4v) is 2.89. The fraction of sp³-hybridized carbons (Fsp3) is 0.600. The van der Waals surface area contributed by atoms with Gasteiger partial charge in [-0.15, -0.1) is 0 Å². The van der Waals surface area contributed by atoms with E-state index in [0.717, 1.165) is 23.3 Å². The first-order chi connectivity index (χ1) is 8.72. The number of halogens is 1. The van der Waals surface area contributed by atoms with Gasteiger partial charge in [0.15, 0.2) is 0 Å². The smallest absolute Gasteiger partial charge is 0.121 e. The molecule has 2 aliphatic carbocycles. The molecule has 18 heavy (non-hydrogen) atoms. The monoisotopic (exact) mass is 265 g/mol. The molecule has 0 aromatic heterocycles. The van der Waals surface area contributed by atoms with Crippen molar-refractivity contribution in [1.29, 1.82) is 0 Å². The third kappa shape index (κ3) is 2.36. The fourth-order valence-electron chi connectivity index (χ4n) is 2.67. The van der Waals surface area contributed by atoms with E-state index < -0.39 is 0 Å². The summed E-state index contributed by atoms with van der Waals surface area (Å²) in [5.74, 6) is 1.67. The van der Waals surface area contributed by atoms with Crippen molar-refractivity contribution in [2.24, 2.45) is 11.7 Å². The number of ether oxygens (including phenoxy) is 1. The van der Waals surface area contributed by atoms with Crippen LogP contribution in [0.25, 0.3) is 0 Å². The van der Waals surface area contributed by atoms with E-state index in [-0.39, 0.29) is 5.41 Å². The first-order valence-corrected chi connectivity index (χ1v) is 7.24. The van der Waals surface area contributed by atoms with E-state index in [2.05, 4.69) is 12.1 Å². The lowest BCUT2D eigenvalue weighted by molar-refractivity contribution is 0.250. The van der Waals surface area contributed by atoms with Crippen LogP contribution in [-0.4, -0.2) is 13.2 Å². The average molecular weight is 266 g/mol. The summed E-state index contributed by atoms with van der Waals surface area (Å²) < 4.78 is 5.83. The van der Waals surface area contributed by atoms with E-state index >= 15 is 0 Å². The van der Waals surface area contributed by atoms with Crippen molar-refractivity contribution in [3.63, 3.8) is 0 Å². The zero-order chi connectivity index (χ0) is 12.6. The van der Waals surface area contributed by atoms with E-state index in [0.29, 0.717) is 6.54 Å². The third-order valence-electron chi connectivity index (χ3n) is 4.37. The number of rotatable bonds is 5. The van der Waals surface area contributed by atoms with Crippen molar-refractivity contribution in [2.45, 2.75) is 37.5 Å². The molecule has 2 saturated carbocycles. The van der Waals surface area contributed by atoms with E-state index in [4.69, 9.17) is 22.1 Å². The molecule has 98 valence electrons. The van der Waals surface area contributed by atoms with E-state index in [1.165, 1.54) is 37.7 Å². The van der Waals surface area contributed by atoms with Crippen LogP contribution < -0.4 is 10.5 Å². The summed E-state index contributed by atoms with van der Waals surface area (Å²) in [7, 11) is 0. The SMILES string of the molecule is NCC1(c2cc(Cl)cc(OCC3CC3)c2)CCC1. The van der Waals surface area contributed by atoms with Crippen molar-refractivity contribution in [3.05, 3.63) is 28.8 Å². The predicted octanol–water partition coefficient (Wildman–Crippen LogP) is 3.51. The van der Waals surface area contributed by atoms with Crippen LogP contribution in [0.5, 0.6) is 5.75 Å². The third-order valence-corrected chi connectivity index (χ3v) is 4.59. The van der Waals surface area contributed by atoms with E-state index in [1.807, 2.05) is 6.07 Å². The van der Waals surface area contributed by atoms with Crippen LogP contribution in [0.3, 0.4) is 0 Å². The van der Waals surface area contributed by atoms with Gasteiger partial charge in [0.1, 0.15) is 5.75 Å². The minimum absolute atomic E-state index is 0.155. The molecular weight excluding hydrogens is 246 g/mol. The lowest BCUT2D eigenvalue weighted by Crippen LogP contribution is -2.41. The molecular formula is C15H20ClNO. The van der Waals surface area contributed by atoms with Gasteiger partial charge in [0.25, 0.3) is 0 Å². The summed E-state index contributed by atoms with van der Waals surface area (Å²) in [6.45, 7) is 1.53. The Labute approximate surface area is 113 Å². The molecule has 2 fully saturated rings. The Morgan fingerprint density at radius 2 is 2.06 bits per heavy atom. The molecule has 0 heterocycles. The molecule has 0 spiro atoms. The molecule has 0 aliphatic heterocycles. The van der Waals surface area contributed by atoms with Crippen molar-refractivity contribution < 1.29 is 4.74 Å². The van der Waals surface area contributed by atoms with Gasteiger partial charge in [-0.05, 0) is 55.4 Å². The largest absolute Gasteiger partial charge is 0.493 e. The van der Waals surface area contributed by atoms with Crippen molar-refractivity contribution in [3.8, 4) is 5.75 Å². The number of hydrogen-bond acceptors (Lipinski definition) is 2. The van der Waals surface area contributed by atoms with Gasteiger partial charge >= 0.3 is 0 Å². The van der Waals surface area contributed by atoms with Crippen molar-refractivity contribution >= 4 is 11.6 Å². The van der Waals surface area contributed by atoms with Crippen molar-refractivity contribution in [1.82, 2.24) is 0 Å². The summed E-state index contributed by atoms with van der Waals surface area (Å²) in [5.41, 5.74) is 7.36. The summed E-state index contributed by atoms with van der Waals surface area (Å²) >= 11 is 6.20. The summed E-state index contributed by atoms with van der Waals surface area (Å²) in [6.07, 6.45) is 6.22. The Kier molecular flexibility index (Phi) is 3.25. The van der Waals surface area contributed by atoms with Gasteiger partial charge in [0, 0.05) is 17.0 Å². The molecule has 2 N–H and O–H groups in total. The van der Waals surface area contributed by atoms with Gasteiger partial charge in [0.05, 0.1) is 6.61 Å². The van der Waals surface area contributed by atoms with Crippen LogP contribution in [0.2, 0.25) is 5.02 Å².